The van der Waals surface area contributed by atoms with E-state index in [1.165, 1.54) is 0 Å². The molecule has 1 spiro atoms. The van der Waals surface area contributed by atoms with E-state index in [4.69, 9.17) is 15.0 Å². The monoisotopic (exact) mass is 248 g/mol. The standard InChI is InChI=1S/C2O6Si.CH2O3.Ca/c3-1-5-9(6-1)7-2(4)8-9;2-1(3)4;/h;(H2,2,3,4);/q;;+2/p-2. The summed E-state index contributed by atoms with van der Waals surface area (Å²) in [4.78, 5) is 28.2. The van der Waals surface area contributed by atoms with Gasteiger partial charge >= 0.3 is 59.1 Å². The summed E-state index contributed by atoms with van der Waals surface area (Å²) in [6.45, 7) is 0. The van der Waals surface area contributed by atoms with Crippen LogP contribution in [0.1, 0.15) is 0 Å². The first-order chi connectivity index (χ1) is 5.93. The van der Waals surface area contributed by atoms with E-state index in [0.717, 1.165) is 0 Å². The van der Waals surface area contributed by atoms with Crippen LogP contribution in [-0.2, 0) is 17.7 Å². The molecule has 0 amide bonds. The topological polar surface area (TPSA) is 134 Å². The van der Waals surface area contributed by atoms with Crippen LogP contribution in [0.4, 0.5) is 14.4 Å². The van der Waals surface area contributed by atoms with Crippen molar-refractivity contribution in [3.05, 3.63) is 0 Å². The maximum atomic E-state index is 9.93. The number of rotatable bonds is 0. The molecule has 0 bridgehead atoms. The van der Waals surface area contributed by atoms with Crippen LogP contribution in [0.5, 0.6) is 0 Å². The molecule has 0 aliphatic carbocycles. The van der Waals surface area contributed by atoms with E-state index in [1.54, 1.807) is 0 Å². The van der Waals surface area contributed by atoms with Crippen LogP contribution >= 0.6 is 0 Å². The van der Waals surface area contributed by atoms with Gasteiger partial charge in [0.2, 0.25) is 0 Å². The van der Waals surface area contributed by atoms with Gasteiger partial charge in [-0.05, 0) is 6.16 Å². The van der Waals surface area contributed by atoms with E-state index >= 15 is 0 Å². The fourth-order valence-electron chi connectivity index (χ4n) is 0.507. The predicted molar refractivity (Wildman–Crippen MR) is 32.0 cm³/mol. The van der Waals surface area contributed by atoms with Crippen molar-refractivity contribution in [1.29, 1.82) is 0 Å². The van der Waals surface area contributed by atoms with Crippen LogP contribution in [-0.4, -0.2) is 65.3 Å². The summed E-state index contributed by atoms with van der Waals surface area (Å²) in [6.07, 6.45) is -4.04. The summed E-state index contributed by atoms with van der Waals surface area (Å²) in [7, 11) is -3.12. The van der Waals surface area contributed by atoms with Crippen molar-refractivity contribution < 1.29 is 42.3 Å². The Morgan fingerprint density at radius 1 is 1.00 bits per heavy atom. The van der Waals surface area contributed by atoms with Crippen molar-refractivity contribution in [2.75, 3.05) is 0 Å². The van der Waals surface area contributed by atoms with Crippen molar-refractivity contribution in [1.82, 2.24) is 0 Å². The third-order valence-electron chi connectivity index (χ3n) is 0.833. The zero-order chi connectivity index (χ0) is 10.1. The van der Waals surface area contributed by atoms with Gasteiger partial charge < -0.3 is 32.7 Å². The second-order valence-electron chi connectivity index (χ2n) is 1.66. The molecule has 14 heavy (non-hydrogen) atoms. The third kappa shape index (κ3) is 3.21. The molecule has 0 atom stereocenters. The van der Waals surface area contributed by atoms with E-state index in [-0.39, 0.29) is 37.7 Å². The van der Waals surface area contributed by atoms with E-state index in [1.807, 2.05) is 0 Å². The molecule has 2 heterocycles. The molecular weight excluding hydrogens is 248 g/mol. The van der Waals surface area contributed by atoms with Crippen LogP contribution in [0.3, 0.4) is 0 Å². The molecular formula is C3CaO9Si. The molecule has 0 saturated carbocycles. The number of hydrogen-bond acceptors (Lipinski definition) is 9. The summed E-state index contributed by atoms with van der Waals surface area (Å²) in [6, 6.07) is 0. The van der Waals surface area contributed by atoms with Gasteiger partial charge in [-0.1, -0.05) is 0 Å². The van der Waals surface area contributed by atoms with Gasteiger partial charge in [0.1, 0.15) is 0 Å². The molecule has 72 valence electrons. The van der Waals surface area contributed by atoms with Crippen LogP contribution in [0.15, 0.2) is 0 Å². The van der Waals surface area contributed by atoms with Gasteiger partial charge in [0.05, 0.1) is 0 Å². The van der Waals surface area contributed by atoms with Crippen molar-refractivity contribution in [3.8, 4) is 0 Å². The quantitative estimate of drug-likeness (QED) is 0.409. The average Bonchev–Trinajstić information content (AvgIpc) is 1.79. The maximum absolute atomic E-state index is 9.93. The number of carbonyl (C=O) groups excluding carboxylic acids is 3. The Hall–Kier alpha value is -0.713. The number of hydrogen-bond donors (Lipinski definition) is 0. The fraction of sp³-hybridized carbons (Fsp3) is 0. The smallest absolute Gasteiger partial charge is 0.652 e. The Morgan fingerprint density at radius 2 is 1.21 bits per heavy atom. The van der Waals surface area contributed by atoms with Gasteiger partial charge in [0, 0.05) is 0 Å². The average molecular weight is 248 g/mol. The van der Waals surface area contributed by atoms with E-state index < -0.39 is 27.5 Å². The molecule has 0 aromatic rings. The molecule has 2 aliphatic rings. The molecule has 0 aromatic carbocycles. The zero-order valence-corrected chi connectivity index (χ0v) is 9.59. The normalized spacial score (nSPS) is 18.6. The van der Waals surface area contributed by atoms with E-state index in [9.17, 15) is 9.59 Å². The van der Waals surface area contributed by atoms with E-state index in [0.29, 0.717) is 0 Å². The van der Waals surface area contributed by atoms with Crippen LogP contribution < -0.4 is 10.2 Å². The van der Waals surface area contributed by atoms with Gasteiger partial charge in [0.15, 0.2) is 0 Å². The van der Waals surface area contributed by atoms with Gasteiger partial charge in [-0.2, -0.15) is 0 Å². The largest absolute Gasteiger partial charge is 2.00 e. The Kier molecular flexibility index (Phi) is 4.44. The first-order valence-corrected chi connectivity index (χ1v) is 4.29. The molecule has 0 N–H and O–H groups in total. The minimum Gasteiger partial charge on any atom is -0.652 e. The number of carbonyl (C=O) groups is 3. The van der Waals surface area contributed by atoms with Crippen molar-refractivity contribution in [2.45, 2.75) is 0 Å². The SMILES string of the molecule is O=C([O-])[O-].O=C1O[Si]2(O1)OC(=O)O2.[Ca+2]. The maximum Gasteiger partial charge on any atom is 2.00 e. The second kappa shape index (κ2) is 4.68. The minimum atomic E-state index is -3.12. The molecule has 9 nitrogen and oxygen atoms in total. The molecule has 11 heteroatoms. The number of carboxylic acid groups (broad SMARTS) is 2. The Morgan fingerprint density at radius 3 is 1.36 bits per heavy atom. The summed E-state index contributed by atoms with van der Waals surface area (Å²) in [5, 5.41) is 16.7. The van der Waals surface area contributed by atoms with Gasteiger partial charge in [-0.25, -0.2) is 9.59 Å². The Labute approximate surface area is 107 Å². The summed E-state index contributed by atoms with van der Waals surface area (Å²) in [5.74, 6) is 0. The molecule has 2 rings (SSSR count). The molecule has 0 aromatic heterocycles. The van der Waals surface area contributed by atoms with Crippen LogP contribution in [0.2, 0.25) is 0 Å². The Balaban J connectivity index is 0.000000299. The molecule has 2 aliphatic heterocycles. The van der Waals surface area contributed by atoms with Gasteiger partial charge in [-0.3, -0.25) is 0 Å². The van der Waals surface area contributed by atoms with Crippen LogP contribution in [0, 0.1) is 0 Å². The van der Waals surface area contributed by atoms with Crippen molar-refractivity contribution in [3.63, 3.8) is 0 Å². The first kappa shape index (κ1) is 13.3. The molecule has 2 fully saturated rings. The zero-order valence-electron chi connectivity index (χ0n) is 6.38. The molecule has 2 saturated heterocycles. The summed E-state index contributed by atoms with van der Waals surface area (Å²) >= 11 is 0. The van der Waals surface area contributed by atoms with Crippen LogP contribution in [0.25, 0.3) is 0 Å². The fourth-order valence-corrected chi connectivity index (χ4v) is 1.52. The summed E-state index contributed by atoms with van der Waals surface area (Å²) in [5.41, 5.74) is 0. The Bertz CT molecular complexity index is 230. The van der Waals surface area contributed by atoms with Crippen molar-refractivity contribution >= 4 is 65.3 Å². The second-order valence-corrected chi connectivity index (χ2v) is 3.47. The van der Waals surface area contributed by atoms with Gasteiger partial charge in [0.25, 0.3) is 0 Å². The third-order valence-corrected chi connectivity index (χ3v) is 2.50. The summed E-state index contributed by atoms with van der Waals surface area (Å²) < 4.78 is 17.0. The predicted octanol–water partition coefficient (Wildman–Crippen LogP) is -3.07. The van der Waals surface area contributed by atoms with Gasteiger partial charge in [-0.15, -0.1) is 0 Å². The molecule has 0 unspecified atom stereocenters. The minimum absolute atomic E-state index is 0. The first-order valence-electron chi connectivity index (χ1n) is 2.65. The van der Waals surface area contributed by atoms with E-state index in [2.05, 4.69) is 17.7 Å². The van der Waals surface area contributed by atoms with Crippen molar-refractivity contribution in [2.24, 2.45) is 0 Å². The molecule has 0 radical (unpaired) electrons.